The first-order valence-corrected chi connectivity index (χ1v) is 8.39. The van der Waals surface area contributed by atoms with Crippen LogP contribution < -0.4 is 9.64 Å². The van der Waals surface area contributed by atoms with E-state index >= 15 is 0 Å². The number of ketones is 1. The Labute approximate surface area is 150 Å². The smallest absolute Gasteiger partial charge is 0.316 e. The van der Waals surface area contributed by atoms with E-state index in [1.54, 1.807) is 37.3 Å². The first-order valence-electron chi connectivity index (χ1n) is 8.39. The number of Topliss-reactive ketones (excluding diaryl/α,β-unsaturated/α-hetero) is 1. The van der Waals surface area contributed by atoms with Crippen LogP contribution in [0.1, 0.15) is 30.1 Å². The van der Waals surface area contributed by atoms with Gasteiger partial charge in [-0.25, -0.2) is 4.39 Å². The molecular formula is C20H18FNO4. The maximum atomic E-state index is 13.9. The highest BCUT2D eigenvalue weighted by Gasteiger charge is 2.37. The zero-order valence-corrected chi connectivity index (χ0v) is 14.3. The van der Waals surface area contributed by atoms with Crippen molar-refractivity contribution in [3.05, 3.63) is 59.9 Å². The summed E-state index contributed by atoms with van der Waals surface area (Å²) in [6.07, 6.45) is 0.370. The Balaban J connectivity index is 1.67. The van der Waals surface area contributed by atoms with E-state index in [-0.39, 0.29) is 30.3 Å². The monoisotopic (exact) mass is 355 g/mol. The van der Waals surface area contributed by atoms with E-state index in [4.69, 9.17) is 4.74 Å². The number of amides is 1. The van der Waals surface area contributed by atoms with Gasteiger partial charge in [0, 0.05) is 24.9 Å². The van der Waals surface area contributed by atoms with Crippen molar-refractivity contribution in [3.63, 3.8) is 0 Å². The summed E-state index contributed by atoms with van der Waals surface area (Å²) in [5.74, 6) is -1.73. The van der Waals surface area contributed by atoms with Crippen molar-refractivity contribution in [2.24, 2.45) is 5.92 Å². The molecule has 0 spiro atoms. The molecule has 0 aromatic heterocycles. The number of carbonyl (C=O) groups is 3. The van der Waals surface area contributed by atoms with Gasteiger partial charge in [-0.05, 0) is 36.4 Å². The van der Waals surface area contributed by atoms with Gasteiger partial charge in [-0.3, -0.25) is 14.4 Å². The third-order valence-corrected chi connectivity index (χ3v) is 4.32. The van der Waals surface area contributed by atoms with E-state index in [9.17, 15) is 18.8 Å². The molecule has 1 fully saturated rings. The molecule has 1 aliphatic heterocycles. The molecule has 1 heterocycles. The molecule has 6 heteroatoms. The van der Waals surface area contributed by atoms with Gasteiger partial charge in [0.1, 0.15) is 11.6 Å². The van der Waals surface area contributed by atoms with Gasteiger partial charge in [0.05, 0.1) is 11.6 Å². The van der Waals surface area contributed by atoms with E-state index in [2.05, 4.69) is 0 Å². The minimum atomic E-state index is -0.668. The Hall–Kier alpha value is -3.02. The van der Waals surface area contributed by atoms with Gasteiger partial charge in [-0.1, -0.05) is 19.1 Å². The van der Waals surface area contributed by atoms with Crippen LogP contribution in [0.25, 0.3) is 0 Å². The van der Waals surface area contributed by atoms with Gasteiger partial charge in [0.25, 0.3) is 0 Å². The van der Waals surface area contributed by atoms with E-state index in [0.29, 0.717) is 17.7 Å². The van der Waals surface area contributed by atoms with Crippen LogP contribution in [-0.2, 0) is 9.59 Å². The standard InChI is InChI=1S/C20H18FNO4/c1-2-18(23)13-7-9-15(10-8-13)26-20(25)14-11-19(24)22(12-14)17-6-4-3-5-16(17)21/h3-10,14H,2,11-12H2,1H3. The van der Waals surface area contributed by atoms with Crippen molar-refractivity contribution >= 4 is 23.3 Å². The second-order valence-electron chi connectivity index (χ2n) is 6.08. The first-order chi connectivity index (χ1) is 12.5. The number of nitrogens with zero attached hydrogens (tertiary/aromatic N) is 1. The summed E-state index contributed by atoms with van der Waals surface area (Å²) in [5.41, 5.74) is 0.712. The molecule has 3 rings (SSSR count). The zero-order valence-electron chi connectivity index (χ0n) is 14.3. The van der Waals surface area contributed by atoms with E-state index in [1.807, 2.05) is 0 Å². The van der Waals surface area contributed by atoms with Crippen molar-refractivity contribution in [1.29, 1.82) is 0 Å². The summed E-state index contributed by atoms with van der Waals surface area (Å²) in [5, 5.41) is 0. The Morgan fingerprint density at radius 2 is 1.85 bits per heavy atom. The van der Waals surface area contributed by atoms with E-state index in [1.165, 1.54) is 23.1 Å². The third kappa shape index (κ3) is 3.64. The minimum Gasteiger partial charge on any atom is -0.426 e. The number of halogens is 1. The molecule has 0 N–H and O–H groups in total. The summed E-state index contributed by atoms with van der Waals surface area (Å²) in [4.78, 5) is 37.4. The van der Waals surface area contributed by atoms with E-state index < -0.39 is 17.7 Å². The second-order valence-corrected chi connectivity index (χ2v) is 6.08. The van der Waals surface area contributed by atoms with Crippen LogP contribution >= 0.6 is 0 Å². The normalized spacial score (nSPS) is 16.6. The molecule has 26 heavy (non-hydrogen) atoms. The van der Waals surface area contributed by atoms with Gasteiger partial charge >= 0.3 is 5.97 Å². The number of rotatable bonds is 5. The average Bonchev–Trinajstić information content (AvgIpc) is 3.04. The maximum absolute atomic E-state index is 13.9. The van der Waals surface area contributed by atoms with Gasteiger partial charge in [0.15, 0.2) is 5.78 Å². The van der Waals surface area contributed by atoms with Crippen molar-refractivity contribution in [1.82, 2.24) is 0 Å². The topological polar surface area (TPSA) is 63.7 Å². The molecule has 0 saturated carbocycles. The van der Waals surface area contributed by atoms with Gasteiger partial charge < -0.3 is 9.64 Å². The van der Waals surface area contributed by atoms with Crippen molar-refractivity contribution in [2.75, 3.05) is 11.4 Å². The number of hydrogen-bond donors (Lipinski definition) is 0. The van der Waals surface area contributed by atoms with Crippen molar-refractivity contribution in [2.45, 2.75) is 19.8 Å². The highest BCUT2D eigenvalue weighted by Crippen LogP contribution is 2.28. The summed E-state index contributed by atoms with van der Waals surface area (Å²) >= 11 is 0. The second kappa shape index (κ2) is 7.47. The summed E-state index contributed by atoms with van der Waals surface area (Å²) in [6, 6.07) is 12.2. The third-order valence-electron chi connectivity index (χ3n) is 4.32. The molecule has 134 valence electrons. The maximum Gasteiger partial charge on any atom is 0.316 e. The van der Waals surface area contributed by atoms with Crippen LogP contribution in [0.3, 0.4) is 0 Å². The lowest BCUT2D eigenvalue weighted by Gasteiger charge is -2.17. The highest BCUT2D eigenvalue weighted by atomic mass is 19.1. The Bertz CT molecular complexity index is 847. The van der Waals surface area contributed by atoms with Crippen LogP contribution in [0, 0.1) is 11.7 Å². The molecule has 1 amide bonds. The fraction of sp³-hybridized carbons (Fsp3) is 0.250. The lowest BCUT2D eigenvalue weighted by molar-refractivity contribution is -0.139. The summed E-state index contributed by atoms with van der Waals surface area (Å²) in [6.45, 7) is 1.85. The van der Waals surface area contributed by atoms with Gasteiger partial charge in [0.2, 0.25) is 5.91 Å². The average molecular weight is 355 g/mol. The van der Waals surface area contributed by atoms with Crippen LogP contribution in [0.5, 0.6) is 5.75 Å². The quantitative estimate of drug-likeness (QED) is 0.469. The number of ether oxygens (including phenoxy) is 1. The van der Waals surface area contributed by atoms with Gasteiger partial charge in [-0.2, -0.15) is 0 Å². The fourth-order valence-corrected chi connectivity index (χ4v) is 2.88. The molecule has 1 aliphatic rings. The number of anilines is 1. The van der Waals surface area contributed by atoms with Crippen molar-refractivity contribution in [3.8, 4) is 5.75 Å². The lowest BCUT2D eigenvalue weighted by atomic mass is 10.1. The SMILES string of the molecule is CCC(=O)c1ccc(OC(=O)C2CC(=O)N(c3ccccc3F)C2)cc1. The molecule has 2 aromatic carbocycles. The largest absolute Gasteiger partial charge is 0.426 e. The van der Waals surface area contributed by atoms with Crippen LogP contribution in [0.2, 0.25) is 0 Å². The number of carbonyl (C=O) groups excluding carboxylic acids is 3. The molecule has 1 atom stereocenters. The zero-order chi connectivity index (χ0) is 18.7. The first kappa shape index (κ1) is 17.8. The fourth-order valence-electron chi connectivity index (χ4n) is 2.88. The van der Waals surface area contributed by atoms with Crippen LogP contribution in [-0.4, -0.2) is 24.2 Å². The Morgan fingerprint density at radius 3 is 2.50 bits per heavy atom. The predicted molar refractivity (Wildman–Crippen MR) is 93.6 cm³/mol. The molecule has 1 saturated heterocycles. The molecular weight excluding hydrogens is 337 g/mol. The molecule has 1 unspecified atom stereocenters. The molecule has 2 aromatic rings. The molecule has 0 bridgehead atoms. The molecule has 0 aliphatic carbocycles. The Kier molecular flexibility index (Phi) is 5.11. The number of hydrogen-bond acceptors (Lipinski definition) is 4. The molecule has 0 radical (unpaired) electrons. The lowest BCUT2D eigenvalue weighted by Crippen LogP contribution is -2.28. The number of para-hydroxylation sites is 1. The number of benzene rings is 2. The minimum absolute atomic E-state index is 0.00444. The van der Waals surface area contributed by atoms with E-state index in [0.717, 1.165) is 0 Å². The Morgan fingerprint density at radius 1 is 1.15 bits per heavy atom. The van der Waals surface area contributed by atoms with Crippen LogP contribution in [0.15, 0.2) is 48.5 Å². The summed E-state index contributed by atoms with van der Waals surface area (Å²) in [7, 11) is 0. The predicted octanol–water partition coefficient (Wildman–Crippen LogP) is 3.38. The summed E-state index contributed by atoms with van der Waals surface area (Å²) < 4.78 is 19.2. The van der Waals surface area contributed by atoms with Crippen molar-refractivity contribution < 1.29 is 23.5 Å². The molecule has 5 nitrogen and oxygen atoms in total. The highest BCUT2D eigenvalue weighted by molar-refractivity contribution is 6.00. The van der Waals surface area contributed by atoms with Gasteiger partial charge in [-0.15, -0.1) is 0 Å². The van der Waals surface area contributed by atoms with Crippen LogP contribution in [0.4, 0.5) is 10.1 Å². The number of esters is 1.